The molecule has 0 aliphatic heterocycles. The maximum atomic E-state index is 6.22. The zero-order valence-electron chi connectivity index (χ0n) is 9.09. The highest BCUT2D eigenvalue weighted by atomic mass is 79.9. The molecule has 1 saturated carbocycles. The van der Waals surface area contributed by atoms with Crippen molar-refractivity contribution in [1.82, 2.24) is 0 Å². The predicted octanol–water partition coefficient (Wildman–Crippen LogP) is 3.05. The lowest BCUT2D eigenvalue weighted by Gasteiger charge is -2.21. The average molecular weight is 270 g/mol. The van der Waals surface area contributed by atoms with E-state index >= 15 is 0 Å². The van der Waals surface area contributed by atoms with Crippen molar-refractivity contribution in [1.29, 1.82) is 0 Å². The van der Waals surface area contributed by atoms with Gasteiger partial charge in [0.1, 0.15) is 5.75 Å². The van der Waals surface area contributed by atoms with Gasteiger partial charge in [0.2, 0.25) is 0 Å². The highest BCUT2D eigenvalue weighted by Gasteiger charge is 2.44. The van der Waals surface area contributed by atoms with Crippen LogP contribution in [-0.4, -0.2) is 12.6 Å². The van der Waals surface area contributed by atoms with Crippen LogP contribution in [0, 0.1) is 0 Å². The Kier molecular flexibility index (Phi) is 2.77. The molecule has 2 N–H and O–H groups in total. The summed E-state index contributed by atoms with van der Waals surface area (Å²) in [5.41, 5.74) is 7.42. The van der Waals surface area contributed by atoms with Crippen molar-refractivity contribution < 1.29 is 4.74 Å². The van der Waals surface area contributed by atoms with Gasteiger partial charge >= 0.3 is 0 Å². The summed E-state index contributed by atoms with van der Waals surface area (Å²) < 4.78 is 6.45. The fourth-order valence-corrected chi connectivity index (χ4v) is 2.31. The minimum Gasteiger partial charge on any atom is -0.496 e. The Morgan fingerprint density at radius 1 is 1.47 bits per heavy atom. The molecule has 15 heavy (non-hydrogen) atoms. The van der Waals surface area contributed by atoms with Gasteiger partial charge in [-0.15, -0.1) is 0 Å². The van der Waals surface area contributed by atoms with Gasteiger partial charge in [-0.1, -0.05) is 22.9 Å². The quantitative estimate of drug-likeness (QED) is 0.916. The van der Waals surface area contributed by atoms with Gasteiger partial charge in [-0.3, -0.25) is 0 Å². The fraction of sp³-hybridized carbons (Fsp3) is 0.500. The number of hydrogen-bond acceptors (Lipinski definition) is 2. The van der Waals surface area contributed by atoms with Crippen molar-refractivity contribution in [2.45, 2.75) is 31.2 Å². The van der Waals surface area contributed by atoms with Crippen molar-refractivity contribution in [3.05, 3.63) is 28.2 Å². The number of benzene rings is 1. The van der Waals surface area contributed by atoms with Crippen LogP contribution in [0.25, 0.3) is 0 Å². The fourth-order valence-electron chi connectivity index (χ4n) is 1.93. The van der Waals surface area contributed by atoms with Crippen LogP contribution in [-0.2, 0) is 0 Å². The SMILES string of the molecule is COc1ccc(Br)cc1C(C)C1(N)CC1. The van der Waals surface area contributed by atoms with E-state index in [-0.39, 0.29) is 5.54 Å². The molecular formula is C12H16BrNO. The lowest BCUT2D eigenvalue weighted by atomic mass is 9.91. The first kappa shape index (κ1) is 11.0. The Morgan fingerprint density at radius 2 is 2.13 bits per heavy atom. The lowest BCUT2D eigenvalue weighted by molar-refractivity contribution is 0.400. The van der Waals surface area contributed by atoms with Crippen molar-refractivity contribution in [3.8, 4) is 5.75 Å². The van der Waals surface area contributed by atoms with Crippen LogP contribution in [0.3, 0.4) is 0 Å². The van der Waals surface area contributed by atoms with Crippen LogP contribution in [0.4, 0.5) is 0 Å². The molecule has 0 radical (unpaired) electrons. The molecule has 1 unspecified atom stereocenters. The van der Waals surface area contributed by atoms with E-state index in [0.29, 0.717) is 5.92 Å². The van der Waals surface area contributed by atoms with E-state index in [9.17, 15) is 0 Å². The lowest BCUT2D eigenvalue weighted by Crippen LogP contribution is -2.28. The van der Waals surface area contributed by atoms with E-state index < -0.39 is 0 Å². The van der Waals surface area contributed by atoms with Crippen LogP contribution >= 0.6 is 15.9 Å². The Morgan fingerprint density at radius 3 is 2.67 bits per heavy atom. The molecule has 82 valence electrons. The largest absolute Gasteiger partial charge is 0.496 e. The number of methoxy groups -OCH3 is 1. The van der Waals surface area contributed by atoms with Gasteiger partial charge in [-0.2, -0.15) is 0 Å². The van der Waals surface area contributed by atoms with Gasteiger partial charge in [0, 0.05) is 15.9 Å². The Balaban J connectivity index is 2.36. The summed E-state index contributed by atoms with van der Waals surface area (Å²) >= 11 is 3.48. The summed E-state index contributed by atoms with van der Waals surface area (Å²) in [6, 6.07) is 6.09. The standard InChI is InChI=1S/C12H16BrNO/c1-8(12(14)5-6-12)10-7-9(13)3-4-11(10)15-2/h3-4,7-8H,5-6,14H2,1-2H3. The van der Waals surface area contributed by atoms with Crippen LogP contribution in [0.15, 0.2) is 22.7 Å². The first-order chi connectivity index (χ1) is 7.07. The zero-order valence-corrected chi connectivity index (χ0v) is 10.7. The topological polar surface area (TPSA) is 35.2 Å². The molecule has 2 rings (SSSR count). The number of ether oxygens (including phenoxy) is 1. The van der Waals surface area contributed by atoms with E-state index in [4.69, 9.17) is 10.5 Å². The summed E-state index contributed by atoms with van der Waals surface area (Å²) in [5.74, 6) is 1.28. The second kappa shape index (κ2) is 3.80. The van der Waals surface area contributed by atoms with Crippen LogP contribution < -0.4 is 10.5 Å². The molecule has 0 aromatic heterocycles. The van der Waals surface area contributed by atoms with Gasteiger partial charge in [0.15, 0.2) is 0 Å². The second-order valence-corrected chi connectivity index (χ2v) is 5.26. The van der Waals surface area contributed by atoms with Gasteiger partial charge in [-0.05, 0) is 36.6 Å². The minimum atomic E-state index is -0.00588. The van der Waals surface area contributed by atoms with E-state index in [1.54, 1.807) is 7.11 Å². The molecule has 0 saturated heterocycles. The van der Waals surface area contributed by atoms with Crippen molar-refractivity contribution >= 4 is 15.9 Å². The molecular weight excluding hydrogens is 254 g/mol. The smallest absolute Gasteiger partial charge is 0.122 e. The summed E-state index contributed by atoms with van der Waals surface area (Å²) in [6.07, 6.45) is 2.23. The van der Waals surface area contributed by atoms with E-state index in [1.807, 2.05) is 12.1 Å². The van der Waals surface area contributed by atoms with Crippen molar-refractivity contribution in [2.75, 3.05) is 7.11 Å². The molecule has 1 fully saturated rings. The van der Waals surface area contributed by atoms with Crippen molar-refractivity contribution in [3.63, 3.8) is 0 Å². The Bertz CT molecular complexity index is 374. The third-order valence-electron chi connectivity index (χ3n) is 3.35. The third kappa shape index (κ3) is 2.04. The van der Waals surface area contributed by atoms with Gasteiger partial charge < -0.3 is 10.5 Å². The number of nitrogens with two attached hydrogens (primary N) is 1. The monoisotopic (exact) mass is 269 g/mol. The molecule has 1 aliphatic carbocycles. The number of rotatable bonds is 3. The summed E-state index contributed by atoms with van der Waals surface area (Å²) in [5, 5.41) is 0. The second-order valence-electron chi connectivity index (χ2n) is 4.34. The van der Waals surface area contributed by atoms with E-state index in [2.05, 4.69) is 28.9 Å². The van der Waals surface area contributed by atoms with Gasteiger partial charge in [0.05, 0.1) is 7.11 Å². The third-order valence-corrected chi connectivity index (χ3v) is 3.84. The highest BCUT2D eigenvalue weighted by molar-refractivity contribution is 9.10. The molecule has 0 bridgehead atoms. The zero-order chi connectivity index (χ0) is 11.1. The number of hydrogen-bond donors (Lipinski definition) is 1. The Labute approximate surface area is 98.9 Å². The van der Waals surface area contributed by atoms with Gasteiger partial charge in [-0.25, -0.2) is 0 Å². The van der Waals surface area contributed by atoms with Crippen molar-refractivity contribution in [2.24, 2.45) is 5.73 Å². The Hall–Kier alpha value is -0.540. The minimum absolute atomic E-state index is 0.00588. The average Bonchev–Trinajstić information content (AvgIpc) is 2.96. The normalized spacial score (nSPS) is 19.7. The predicted molar refractivity (Wildman–Crippen MR) is 65.3 cm³/mol. The first-order valence-corrected chi connectivity index (χ1v) is 5.98. The molecule has 1 aromatic carbocycles. The molecule has 2 nitrogen and oxygen atoms in total. The summed E-state index contributed by atoms with van der Waals surface area (Å²) in [6.45, 7) is 2.18. The number of halogens is 1. The molecule has 1 aromatic rings. The van der Waals surface area contributed by atoms with E-state index in [0.717, 1.165) is 23.1 Å². The molecule has 0 spiro atoms. The molecule has 1 atom stereocenters. The molecule has 0 amide bonds. The maximum Gasteiger partial charge on any atom is 0.122 e. The summed E-state index contributed by atoms with van der Waals surface area (Å²) in [4.78, 5) is 0. The molecule has 3 heteroatoms. The highest BCUT2D eigenvalue weighted by Crippen LogP contribution is 2.47. The van der Waals surface area contributed by atoms with Crippen LogP contribution in [0.2, 0.25) is 0 Å². The first-order valence-electron chi connectivity index (χ1n) is 5.19. The summed E-state index contributed by atoms with van der Waals surface area (Å²) in [7, 11) is 1.70. The molecule has 0 heterocycles. The maximum absolute atomic E-state index is 6.22. The van der Waals surface area contributed by atoms with Crippen LogP contribution in [0.5, 0.6) is 5.75 Å². The van der Waals surface area contributed by atoms with Gasteiger partial charge in [0.25, 0.3) is 0 Å². The van der Waals surface area contributed by atoms with Crippen LogP contribution in [0.1, 0.15) is 31.2 Å². The molecule has 1 aliphatic rings. The van der Waals surface area contributed by atoms with E-state index in [1.165, 1.54) is 5.56 Å².